The average molecular weight is 242 g/mol. The van der Waals surface area contributed by atoms with Gasteiger partial charge in [0.1, 0.15) is 10.9 Å². The molecule has 1 heterocycles. The van der Waals surface area contributed by atoms with Gasteiger partial charge in [-0.3, -0.25) is 9.59 Å². The van der Waals surface area contributed by atoms with Crippen LogP contribution in [0.4, 0.5) is 0 Å². The fraction of sp³-hybridized carbons (Fsp3) is 0.500. The molecule has 0 radical (unpaired) electrons. The summed E-state index contributed by atoms with van der Waals surface area (Å²) < 4.78 is 0. The molecule has 16 heavy (non-hydrogen) atoms. The second-order valence-corrected chi connectivity index (χ2v) is 4.87. The Morgan fingerprint density at radius 2 is 2.12 bits per heavy atom. The van der Waals surface area contributed by atoms with Gasteiger partial charge in [-0.05, 0) is 20.8 Å². The van der Waals surface area contributed by atoms with Gasteiger partial charge in [0.15, 0.2) is 0 Å². The van der Waals surface area contributed by atoms with Crippen LogP contribution in [0.1, 0.15) is 29.8 Å². The lowest BCUT2D eigenvalue weighted by molar-refractivity contribution is -0.146. The van der Waals surface area contributed by atoms with Crippen molar-refractivity contribution in [2.75, 3.05) is 0 Å². The van der Waals surface area contributed by atoms with Crippen LogP contribution in [0.5, 0.6) is 0 Å². The van der Waals surface area contributed by atoms with Gasteiger partial charge in [0.25, 0.3) is 0 Å². The van der Waals surface area contributed by atoms with Gasteiger partial charge >= 0.3 is 5.97 Å². The minimum Gasteiger partial charge on any atom is -0.481 e. The Labute approximate surface area is 97.5 Å². The van der Waals surface area contributed by atoms with Gasteiger partial charge < -0.3 is 10.4 Å². The third-order valence-corrected chi connectivity index (χ3v) is 3.23. The molecule has 0 fully saturated rings. The molecule has 88 valence electrons. The van der Waals surface area contributed by atoms with Gasteiger partial charge in [-0.25, -0.2) is 4.98 Å². The van der Waals surface area contributed by atoms with E-state index in [-0.39, 0.29) is 6.04 Å². The number of carbonyl (C=O) groups excluding carboxylic acids is 1. The molecule has 0 aliphatic heterocycles. The summed E-state index contributed by atoms with van der Waals surface area (Å²) in [6.07, 6.45) is 1.73. The summed E-state index contributed by atoms with van der Waals surface area (Å²) in [6, 6.07) is -0.256. The quantitative estimate of drug-likeness (QED) is 0.781. The molecule has 0 saturated carbocycles. The summed E-state index contributed by atoms with van der Waals surface area (Å²) in [7, 11) is 0. The van der Waals surface area contributed by atoms with Crippen molar-refractivity contribution in [3.8, 4) is 0 Å². The molecule has 1 amide bonds. The molecule has 0 saturated heterocycles. The number of nitrogens with one attached hydrogen (secondary N) is 1. The van der Waals surface area contributed by atoms with E-state index in [2.05, 4.69) is 10.3 Å². The molecular formula is C10H14N2O3S. The van der Waals surface area contributed by atoms with Gasteiger partial charge in [0, 0.05) is 11.1 Å². The Morgan fingerprint density at radius 3 is 2.56 bits per heavy atom. The summed E-state index contributed by atoms with van der Waals surface area (Å²) in [6.45, 7) is 5.07. The predicted molar refractivity (Wildman–Crippen MR) is 60.2 cm³/mol. The topological polar surface area (TPSA) is 79.3 Å². The zero-order valence-electron chi connectivity index (χ0n) is 9.35. The average Bonchev–Trinajstić information content (AvgIpc) is 2.63. The fourth-order valence-electron chi connectivity index (χ4n) is 1.08. The smallest absolute Gasteiger partial charge is 0.315 e. The Morgan fingerprint density at radius 1 is 1.50 bits per heavy atom. The van der Waals surface area contributed by atoms with Gasteiger partial charge in [-0.1, -0.05) is 0 Å². The van der Waals surface area contributed by atoms with Crippen LogP contribution in [0.2, 0.25) is 0 Å². The molecule has 2 atom stereocenters. The molecule has 0 aromatic carbocycles. The van der Waals surface area contributed by atoms with E-state index in [1.807, 2.05) is 6.92 Å². The highest BCUT2D eigenvalue weighted by Gasteiger charge is 2.22. The van der Waals surface area contributed by atoms with E-state index >= 15 is 0 Å². The van der Waals surface area contributed by atoms with Gasteiger partial charge in [-0.15, -0.1) is 11.3 Å². The Hall–Kier alpha value is -1.43. The lowest BCUT2D eigenvalue weighted by atomic mass is 10.1. The molecule has 1 aromatic heterocycles. The summed E-state index contributed by atoms with van der Waals surface area (Å²) >= 11 is 1.48. The van der Waals surface area contributed by atoms with Crippen molar-refractivity contribution in [3.63, 3.8) is 0 Å². The third kappa shape index (κ3) is 3.03. The number of carboxylic acids is 1. The Balaban J connectivity index is 2.61. The number of nitrogens with zero attached hydrogens (tertiary/aromatic N) is 1. The number of carboxylic acid groups (broad SMARTS) is 1. The van der Waals surface area contributed by atoms with Gasteiger partial charge in [-0.2, -0.15) is 0 Å². The van der Waals surface area contributed by atoms with Crippen LogP contribution in [-0.4, -0.2) is 22.0 Å². The van der Waals surface area contributed by atoms with Crippen molar-refractivity contribution in [2.45, 2.75) is 26.8 Å². The van der Waals surface area contributed by atoms with E-state index < -0.39 is 17.8 Å². The van der Waals surface area contributed by atoms with Crippen molar-refractivity contribution in [1.29, 1.82) is 0 Å². The minimum atomic E-state index is -1.12. The summed E-state index contributed by atoms with van der Waals surface area (Å²) in [5, 5.41) is 12.1. The van der Waals surface area contributed by atoms with Crippen molar-refractivity contribution >= 4 is 23.2 Å². The first-order chi connectivity index (χ1) is 7.41. The maximum absolute atomic E-state index is 11.5. The maximum atomic E-state index is 11.5. The lowest BCUT2D eigenvalue weighted by Gasteiger charge is -2.13. The maximum Gasteiger partial charge on any atom is 0.315 e. The van der Waals surface area contributed by atoms with Crippen molar-refractivity contribution in [2.24, 2.45) is 5.92 Å². The highest BCUT2D eigenvalue weighted by Crippen LogP contribution is 2.19. The first-order valence-corrected chi connectivity index (χ1v) is 5.69. The number of carbonyl (C=O) groups is 2. The number of aryl methyl sites for hydroxylation is 1. The molecule has 1 aromatic rings. The number of aromatic nitrogens is 1. The van der Waals surface area contributed by atoms with Gasteiger partial charge in [0.05, 0.1) is 6.04 Å². The highest BCUT2D eigenvalue weighted by atomic mass is 32.1. The van der Waals surface area contributed by atoms with Crippen molar-refractivity contribution in [1.82, 2.24) is 10.3 Å². The van der Waals surface area contributed by atoms with Gasteiger partial charge in [0.2, 0.25) is 5.91 Å². The summed E-state index contributed by atoms with van der Waals surface area (Å²) in [4.78, 5) is 27.2. The monoisotopic (exact) mass is 242 g/mol. The fourth-order valence-corrected chi connectivity index (χ4v) is 1.86. The zero-order chi connectivity index (χ0) is 12.3. The first kappa shape index (κ1) is 12.6. The summed E-state index contributed by atoms with van der Waals surface area (Å²) in [5.41, 5.74) is 0. The molecule has 0 aliphatic carbocycles. The SMILES string of the molecule is Cc1cnc(C(C)NC(=O)C(C)C(=O)O)s1. The molecule has 0 bridgehead atoms. The number of rotatable bonds is 4. The normalized spacial score (nSPS) is 14.2. The number of amides is 1. The van der Waals surface area contributed by atoms with E-state index in [1.54, 1.807) is 13.1 Å². The van der Waals surface area contributed by atoms with E-state index in [0.717, 1.165) is 9.88 Å². The van der Waals surface area contributed by atoms with Crippen LogP contribution in [0.25, 0.3) is 0 Å². The second kappa shape index (κ2) is 5.07. The van der Waals surface area contributed by atoms with E-state index in [1.165, 1.54) is 18.3 Å². The third-order valence-electron chi connectivity index (χ3n) is 2.13. The van der Waals surface area contributed by atoms with Crippen LogP contribution >= 0.6 is 11.3 Å². The largest absolute Gasteiger partial charge is 0.481 e. The van der Waals surface area contributed by atoms with E-state index in [0.29, 0.717) is 0 Å². The molecule has 1 rings (SSSR count). The van der Waals surface area contributed by atoms with Crippen LogP contribution in [0, 0.1) is 12.8 Å². The lowest BCUT2D eigenvalue weighted by Crippen LogP contribution is -2.35. The first-order valence-electron chi connectivity index (χ1n) is 4.87. The molecule has 0 spiro atoms. The van der Waals surface area contributed by atoms with Crippen LogP contribution in [0.15, 0.2) is 6.20 Å². The molecule has 0 aliphatic rings. The zero-order valence-corrected chi connectivity index (χ0v) is 10.2. The Kier molecular flexibility index (Phi) is 4.00. The van der Waals surface area contributed by atoms with Crippen molar-refractivity contribution < 1.29 is 14.7 Å². The van der Waals surface area contributed by atoms with E-state index in [4.69, 9.17) is 5.11 Å². The standard InChI is InChI=1S/C10H14N2O3S/c1-5-4-11-9(16-5)7(3)12-8(13)6(2)10(14)15/h4,6-7H,1-3H3,(H,12,13)(H,14,15). The highest BCUT2D eigenvalue weighted by molar-refractivity contribution is 7.11. The molecule has 6 heteroatoms. The molecular weight excluding hydrogens is 228 g/mol. The van der Waals surface area contributed by atoms with Crippen LogP contribution in [-0.2, 0) is 9.59 Å². The van der Waals surface area contributed by atoms with E-state index in [9.17, 15) is 9.59 Å². The molecule has 2 N–H and O–H groups in total. The number of thiazole rings is 1. The number of aliphatic carboxylic acids is 1. The minimum absolute atomic E-state index is 0.256. The van der Waals surface area contributed by atoms with Crippen molar-refractivity contribution in [3.05, 3.63) is 16.1 Å². The predicted octanol–water partition coefficient (Wildman–Crippen LogP) is 1.35. The Bertz CT molecular complexity index is 403. The summed E-state index contributed by atoms with van der Waals surface area (Å²) in [5.74, 6) is -2.66. The van der Waals surface area contributed by atoms with Crippen LogP contribution in [0.3, 0.4) is 0 Å². The van der Waals surface area contributed by atoms with Crippen LogP contribution < -0.4 is 5.32 Å². The number of hydrogen-bond acceptors (Lipinski definition) is 4. The molecule has 5 nitrogen and oxygen atoms in total. The second-order valence-electron chi connectivity index (χ2n) is 3.60. The molecule has 2 unspecified atom stereocenters. The number of hydrogen-bond donors (Lipinski definition) is 2.